The number of benzene rings is 1. The monoisotopic (exact) mass is 512 g/mol. The number of amides is 1. The number of hydrogen-bond acceptors (Lipinski definition) is 9. The zero-order chi connectivity index (χ0) is 27.2. The molecule has 200 valence electrons. The predicted molar refractivity (Wildman–Crippen MR) is 141 cm³/mol. The number of fused-ring (bicyclic) bond motifs is 1. The molecular formula is C26H36N6O5. The van der Waals surface area contributed by atoms with Gasteiger partial charge < -0.3 is 24.8 Å². The Kier molecular flexibility index (Phi) is 9.04. The molecule has 0 radical (unpaired) electrons. The second-order valence-electron chi connectivity index (χ2n) is 9.54. The third-order valence-electron chi connectivity index (χ3n) is 5.42. The topological polar surface area (TPSA) is 140 Å². The van der Waals surface area contributed by atoms with E-state index in [-0.39, 0.29) is 41.4 Å². The summed E-state index contributed by atoms with van der Waals surface area (Å²) in [7, 11) is 1.54. The fourth-order valence-corrected chi connectivity index (χ4v) is 3.91. The first-order valence-electron chi connectivity index (χ1n) is 12.4. The molecular weight excluding hydrogens is 476 g/mol. The molecule has 11 nitrogen and oxygen atoms in total. The third-order valence-corrected chi connectivity index (χ3v) is 5.42. The van der Waals surface area contributed by atoms with Crippen molar-refractivity contribution in [3.05, 3.63) is 29.7 Å². The van der Waals surface area contributed by atoms with Gasteiger partial charge in [-0.15, -0.1) is 0 Å². The van der Waals surface area contributed by atoms with Gasteiger partial charge in [0, 0.05) is 18.4 Å². The number of unbranched alkanes of at least 4 members (excludes halogenated alkanes) is 1. The zero-order valence-electron chi connectivity index (χ0n) is 22.5. The van der Waals surface area contributed by atoms with Crippen LogP contribution in [0.25, 0.3) is 10.9 Å². The van der Waals surface area contributed by atoms with E-state index in [1.807, 2.05) is 26.8 Å². The second-order valence-corrected chi connectivity index (χ2v) is 9.54. The van der Waals surface area contributed by atoms with E-state index < -0.39 is 5.97 Å². The van der Waals surface area contributed by atoms with Gasteiger partial charge in [0.15, 0.2) is 11.6 Å². The van der Waals surface area contributed by atoms with Crippen LogP contribution >= 0.6 is 0 Å². The Bertz CT molecular complexity index is 1250. The van der Waals surface area contributed by atoms with E-state index in [0.717, 1.165) is 30.3 Å². The van der Waals surface area contributed by atoms with Crippen molar-refractivity contribution in [2.75, 3.05) is 24.4 Å². The van der Waals surface area contributed by atoms with Crippen molar-refractivity contribution in [1.82, 2.24) is 20.2 Å². The molecule has 1 amide bonds. The number of nitrogens with one attached hydrogen (secondary N) is 3. The third kappa shape index (κ3) is 6.94. The van der Waals surface area contributed by atoms with Crippen LogP contribution in [0.3, 0.4) is 0 Å². The molecule has 3 aromatic rings. The lowest BCUT2D eigenvalue weighted by Crippen LogP contribution is -2.23. The van der Waals surface area contributed by atoms with Crippen molar-refractivity contribution >= 4 is 40.1 Å². The Morgan fingerprint density at radius 1 is 1.14 bits per heavy atom. The normalized spacial score (nSPS) is 12.3. The van der Waals surface area contributed by atoms with Crippen molar-refractivity contribution in [2.45, 2.75) is 72.5 Å². The summed E-state index contributed by atoms with van der Waals surface area (Å²) < 4.78 is 17.2. The number of carbonyl (C=O) groups excluding carboxylic acids is 2. The molecule has 2 heterocycles. The van der Waals surface area contributed by atoms with Gasteiger partial charge in [-0.05, 0) is 40.2 Å². The van der Waals surface area contributed by atoms with Gasteiger partial charge in [-0.1, -0.05) is 19.8 Å². The van der Waals surface area contributed by atoms with E-state index in [2.05, 4.69) is 37.7 Å². The molecule has 0 saturated carbocycles. The molecule has 2 aromatic heterocycles. The number of methoxy groups -OCH3 is 1. The van der Waals surface area contributed by atoms with Crippen molar-refractivity contribution in [2.24, 2.45) is 0 Å². The zero-order valence-corrected chi connectivity index (χ0v) is 22.5. The van der Waals surface area contributed by atoms with E-state index in [9.17, 15) is 9.59 Å². The largest absolute Gasteiger partial charge is 0.494 e. The summed E-state index contributed by atoms with van der Waals surface area (Å²) >= 11 is 0. The van der Waals surface area contributed by atoms with Crippen LogP contribution in [0, 0.1) is 0 Å². The number of rotatable bonds is 11. The van der Waals surface area contributed by atoms with Gasteiger partial charge in [-0.3, -0.25) is 9.89 Å². The number of aromatic nitrogens is 4. The minimum absolute atomic E-state index is 0.00556. The molecule has 37 heavy (non-hydrogen) atoms. The van der Waals surface area contributed by atoms with Crippen LogP contribution in [-0.2, 0) is 14.3 Å². The summed E-state index contributed by atoms with van der Waals surface area (Å²) in [6, 6.07) is 3.68. The first-order chi connectivity index (χ1) is 17.6. The van der Waals surface area contributed by atoms with E-state index in [4.69, 9.17) is 14.2 Å². The van der Waals surface area contributed by atoms with Crippen LogP contribution in [-0.4, -0.2) is 51.4 Å². The summed E-state index contributed by atoms with van der Waals surface area (Å²) in [6.07, 6.45) is 3.93. The fourth-order valence-electron chi connectivity index (χ4n) is 3.91. The lowest BCUT2D eigenvalue weighted by molar-refractivity contribution is -0.114. The first-order valence-corrected chi connectivity index (χ1v) is 12.4. The lowest BCUT2D eigenvalue weighted by Gasteiger charge is -2.27. The summed E-state index contributed by atoms with van der Waals surface area (Å²) in [4.78, 5) is 32.8. The van der Waals surface area contributed by atoms with Crippen molar-refractivity contribution in [1.29, 1.82) is 0 Å². The van der Waals surface area contributed by atoms with Crippen LogP contribution in [0.15, 0.2) is 18.5 Å². The number of H-pyrrole nitrogens is 1. The molecule has 0 spiro atoms. The molecule has 3 rings (SSSR count). The molecule has 1 aromatic carbocycles. The Balaban J connectivity index is 2.11. The molecule has 3 N–H and O–H groups in total. The summed E-state index contributed by atoms with van der Waals surface area (Å²) in [5.41, 5.74) is 1.77. The van der Waals surface area contributed by atoms with Crippen LogP contribution < -0.4 is 15.4 Å². The van der Waals surface area contributed by atoms with Crippen LogP contribution in [0.5, 0.6) is 5.75 Å². The maximum absolute atomic E-state index is 12.8. The van der Waals surface area contributed by atoms with Crippen LogP contribution in [0.1, 0.15) is 83.0 Å². The van der Waals surface area contributed by atoms with Gasteiger partial charge in [0.2, 0.25) is 5.91 Å². The maximum Gasteiger partial charge on any atom is 0.345 e. The van der Waals surface area contributed by atoms with Crippen molar-refractivity contribution in [3.63, 3.8) is 0 Å². The number of ether oxygens (including phenoxy) is 3. The van der Waals surface area contributed by atoms with Gasteiger partial charge in [0.05, 0.1) is 36.2 Å². The Labute approximate surface area is 216 Å². The number of hydrogen-bond donors (Lipinski definition) is 3. The Morgan fingerprint density at radius 2 is 1.86 bits per heavy atom. The molecule has 0 saturated heterocycles. The average Bonchev–Trinajstić information content (AvgIpc) is 3.23. The second kappa shape index (κ2) is 12.0. The fraction of sp³-hybridized carbons (Fsp3) is 0.500. The minimum Gasteiger partial charge on any atom is -0.494 e. The Hall–Kier alpha value is -3.73. The highest BCUT2D eigenvalue weighted by Gasteiger charge is 2.26. The van der Waals surface area contributed by atoms with Gasteiger partial charge in [0.1, 0.15) is 23.7 Å². The van der Waals surface area contributed by atoms with E-state index in [0.29, 0.717) is 17.0 Å². The molecule has 0 aliphatic heterocycles. The molecule has 1 atom stereocenters. The summed E-state index contributed by atoms with van der Waals surface area (Å²) in [6.45, 7) is 11.4. The molecule has 0 aliphatic carbocycles. The van der Waals surface area contributed by atoms with Gasteiger partial charge in [-0.25, -0.2) is 14.8 Å². The van der Waals surface area contributed by atoms with Crippen molar-refractivity contribution < 1.29 is 23.8 Å². The highest BCUT2D eigenvalue weighted by molar-refractivity contribution is 6.04. The van der Waals surface area contributed by atoms with Crippen molar-refractivity contribution in [3.8, 4) is 5.75 Å². The highest BCUT2D eigenvalue weighted by Crippen LogP contribution is 2.38. The summed E-state index contributed by atoms with van der Waals surface area (Å²) in [5, 5.41) is 14.2. The number of aromatic amines is 1. The van der Waals surface area contributed by atoms with Gasteiger partial charge >= 0.3 is 5.97 Å². The number of anilines is 3. The molecule has 0 aliphatic rings. The van der Waals surface area contributed by atoms with Crippen LogP contribution in [0.2, 0.25) is 0 Å². The molecule has 1 unspecified atom stereocenters. The first kappa shape index (κ1) is 27.9. The smallest absolute Gasteiger partial charge is 0.345 e. The minimum atomic E-state index is -0.670. The quantitative estimate of drug-likeness (QED) is 0.292. The van der Waals surface area contributed by atoms with E-state index >= 15 is 0 Å². The van der Waals surface area contributed by atoms with Gasteiger partial charge in [-0.2, -0.15) is 5.10 Å². The van der Waals surface area contributed by atoms with Gasteiger partial charge in [0.25, 0.3) is 0 Å². The Morgan fingerprint density at radius 3 is 2.49 bits per heavy atom. The number of esters is 1. The summed E-state index contributed by atoms with van der Waals surface area (Å²) in [5.74, 6) is -0.355. The maximum atomic E-state index is 12.8. The predicted octanol–water partition coefficient (Wildman–Crippen LogP) is 5.29. The molecule has 11 heteroatoms. The van der Waals surface area contributed by atoms with E-state index in [1.165, 1.54) is 13.3 Å². The standard InChI is InChI=1S/C26H36N6O5/c1-8-10-11-19(37-26(4,5)6)22-16-12-18(20(35-7)13-17(16)31-32-22)30-24-21(25(34)36-9-2)23(27-14-28-24)29-15(3)33/h12-14,19H,8-11H2,1-7H3,(H,31,32)(H2,27,28,29,30,33). The number of carbonyl (C=O) groups is 2. The average molecular weight is 513 g/mol. The highest BCUT2D eigenvalue weighted by atomic mass is 16.5. The lowest BCUT2D eigenvalue weighted by atomic mass is 10.0. The van der Waals surface area contributed by atoms with E-state index in [1.54, 1.807) is 20.1 Å². The SMILES string of the molecule is CCCCC(OC(C)(C)C)c1[nH]nc2cc(OC)c(Nc3ncnc(NC(C)=O)c3C(=O)OCC)cc12. The molecule has 0 bridgehead atoms. The number of nitrogens with zero attached hydrogens (tertiary/aromatic N) is 3. The molecule has 0 fully saturated rings. The van der Waals surface area contributed by atoms with Crippen LogP contribution in [0.4, 0.5) is 17.3 Å².